The Morgan fingerprint density at radius 3 is 2.86 bits per heavy atom. The molecule has 4 heteroatoms. The molecule has 2 aromatic rings. The van der Waals surface area contributed by atoms with Gasteiger partial charge >= 0.3 is 5.95 Å². The smallest absolute Gasteiger partial charge is 0.346 e. The second-order valence-electron chi connectivity index (χ2n) is 3.11. The van der Waals surface area contributed by atoms with Crippen molar-refractivity contribution in [3.8, 4) is 5.75 Å². The van der Waals surface area contributed by atoms with Crippen LogP contribution in [0.1, 0.15) is 0 Å². The third-order valence-electron chi connectivity index (χ3n) is 2.30. The number of benzene rings is 1. The number of para-hydroxylation sites is 1. The number of hydrogen-bond acceptors (Lipinski definition) is 3. The topological polar surface area (TPSA) is 54.6 Å². The van der Waals surface area contributed by atoms with Gasteiger partial charge in [0.15, 0.2) is 5.75 Å². The van der Waals surface area contributed by atoms with Gasteiger partial charge in [0.1, 0.15) is 0 Å². The Morgan fingerprint density at radius 2 is 2.00 bits per heavy atom. The Morgan fingerprint density at radius 1 is 1.14 bits per heavy atom. The second-order valence-corrected chi connectivity index (χ2v) is 3.11. The number of nitrogens with zero attached hydrogens (tertiary/aromatic N) is 1. The highest BCUT2D eigenvalue weighted by Gasteiger charge is 2.20. The van der Waals surface area contributed by atoms with Crippen LogP contribution in [-0.4, -0.2) is 14.8 Å². The van der Waals surface area contributed by atoms with Crippen molar-refractivity contribution in [1.82, 2.24) is 4.57 Å². The molecule has 1 aromatic carbocycles. The minimum absolute atomic E-state index is 0.279. The number of aliphatic hydroxyl groups is 2. The summed E-state index contributed by atoms with van der Waals surface area (Å²) in [5.41, 5.74) is 0.766. The van der Waals surface area contributed by atoms with Crippen LogP contribution in [0.3, 0.4) is 0 Å². The standard InChI is InChI=1S/C10H7NO3/c12-9-10(13)14-7-3-1-2-6-4-5-11(9)8(6)7/h1-5,12-13H. The van der Waals surface area contributed by atoms with E-state index < -0.39 is 5.95 Å². The van der Waals surface area contributed by atoms with Crippen molar-refractivity contribution in [3.05, 3.63) is 36.4 Å². The van der Waals surface area contributed by atoms with Gasteiger partial charge in [-0.2, -0.15) is 0 Å². The summed E-state index contributed by atoms with van der Waals surface area (Å²) in [4.78, 5) is 0. The predicted molar refractivity (Wildman–Crippen MR) is 51.0 cm³/mol. The van der Waals surface area contributed by atoms with E-state index in [-0.39, 0.29) is 5.88 Å². The van der Waals surface area contributed by atoms with Gasteiger partial charge in [0.05, 0.1) is 5.52 Å². The molecule has 1 aliphatic heterocycles. The summed E-state index contributed by atoms with van der Waals surface area (Å²) in [6.07, 6.45) is 1.68. The van der Waals surface area contributed by atoms with E-state index in [0.717, 1.165) is 10.9 Å². The summed E-state index contributed by atoms with van der Waals surface area (Å²) in [6, 6.07) is 7.32. The van der Waals surface area contributed by atoms with Gasteiger partial charge in [0.2, 0.25) is 0 Å². The number of ether oxygens (including phenoxy) is 1. The van der Waals surface area contributed by atoms with Gasteiger partial charge in [-0.05, 0) is 12.1 Å². The van der Waals surface area contributed by atoms with Crippen molar-refractivity contribution in [1.29, 1.82) is 0 Å². The van der Waals surface area contributed by atoms with E-state index in [2.05, 4.69) is 0 Å². The van der Waals surface area contributed by atoms with E-state index in [9.17, 15) is 10.2 Å². The van der Waals surface area contributed by atoms with Crippen molar-refractivity contribution >= 4 is 16.8 Å². The zero-order valence-electron chi connectivity index (χ0n) is 7.14. The molecule has 70 valence electrons. The lowest BCUT2D eigenvalue weighted by molar-refractivity contribution is 0.189. The van der Waals surface area contributed by atoms with Crippen molar-refractivity contribution in [2.45, 2.75) is 0 Å². The SMILES string of the molecule is OC1=C(O)n2ccc3cccc(c32)O1. The van der Waals surface area contributed by atoms with Crippen LogP contribution in [0.15, 0.2) is 36.4 Å². The average Bonchev–Trinajstić information content (AvgIpc) is 2.60. The first kappa shape index (κ1) is 7.32. The lowest BCUT2D eigenvalue weighted by atomic mass is 10.2. The quantitative estimate of drug-likeness (QED) is 0.668. The molecule has 0 saturated heterocycles. The van der Waals surface area contributed by atoms with Crippen molar-refractivity contribution in [2.24, 2.45) is 0 Å². The molecule has 0 unspecified atom stereocenters. The van der Waals surface area contributed by atoms with Crippen molar-refractivity contribution in [2.75, 3.05) is 0 Å². The molecule has 0 spiro atoms. The van der Waals surface area contributed by atoms with Gasteiger partial charge in [0.25, 0.3) is 5.88 Å². The van der Waals surface area contributed by atoms with Crippen LogP contribution in [-0.2, 0) is 0 Å². The molecule has 1 aliphatic rings. The number of rotatable bonds is 0. The number of aromatic nitrogens is 1. The van der Waals surface area contributed by atoms with Gasteiger partial charge in [-0.15, -0.1) is 0 Å². The van der Waals surface area contributed by atoms with Gasteiger partial charge in [-0.1, -0.05) is 12.1 Å². The first-order valence-electron chi connectivity index (χ1n) is 4.18. The van der Waals surface area contributed by atoms with E-state index in [1.54, 1.807) is 12.3 Å². The fourth-order valence-electron chi connectivity index (χ4n) is 1.67. The molecule has 0 saturated carbocycles. The molecule has 0 atom stereocenters. The maximum absolute atomic E-state index is 9.50. The Labute approximate surface area is 79.3 Å². The molecule has 4 nitrogen and oxygen atoms in total. The van der Waals surface area contributed by atoms with Crippen LogP contribution >= 0.6 is 0 Å². The Hall–Kier alpha value is -2.10. The maximum atomic E-state index is 9.50. The maximum Gasteiger partial charge on any atom is 0.346 e. The highest BCUT2D eigenvalue weighted by atomic mass is 16.6. The minimum Gasteiger partial charge on any atom is -0.489 e. The predicted octanol–water partition coefficient (Wildman–Crippen LogP) is 2.23. The molecule has 3 rings (SSSR count). The summed E-state index contributed by atoms with van der Waals surface area (Å²) >= 11 is 0. The zero-order valence-corrected chi connectivity index (χ0v) is 7.14. The van der Waals surface area contributed by atoms with E-state index in [0.29, 0.717) is 5.75 Å². The van der Waals surface area contributed by atoms with Gasteiger partial charge < -0.3 is 14.9 Å². The third kappa shape index (κ3) is 0.724. The number of hydrogen-bond donors (Lipinski definition) is 2. The van der Waals surface area contributed by atoms with Crippen LogP contribution in [0.5, 0.6) is 5.75 Å². The largest absolute Gasteiger partial charge is 0.489 e. The van der Waals surface area contributed by atoms with Crippen LogP contribution in [0.2, 0.25) is 0 Å². The molecule has 14 heavy (non-hydrogen) atoms. The van der Waals surface area contributed by atoms with E-state index >= 15 is 0 Å². The zero-order chi connectivity index (χ0) is 9.71. The van der Waals surface area contributed by atoms with Gasteiger partial charge in [-0.25, -0.2) is 0 Å². The van der Waals surface area contributed by atoms with Gasteiger partial charge in [0, 0.05) is 11.6 Å². The molecular weight excluding hydrogens is 182 g/mol. The van der Waals surface area contributed by atoms with Crippen LogP contribution < -0.4 is 4.74 Å². The Balaban J connectivity index is 2.49. The molecule has 2 heterocycles. The van der Waals surface area contributed by atoms with Crippen molar-refractivity contribution in [3.63, 3.8) is 0 Å². The molecule has 0 aliphatic carbocycles. The van der Waals surface area contributed by atoms with Crippen LogP contribution in [0.4, 0.5) is 0 Å². The third-order valence-corrected chi connectivity index (χ3v) is 2.30. The lowest BCUT2D eigenvalue weighted by Crippen LogP contribution is -2.09. The van der Waals surface area contributed by atoms with Crippen LogP contribution in [0, 0.1) is 0 Å². The van der Waals surface area contributed by atoms with Crippen molar-refractivity contribution < 1.29 is 14.9 Å². The first-order valence-corrected chi connectivity index (χ1v) is 4.18. The second kappa shape index (κ2) is 2.23. The first-order chi connectivity index (χ1) is 6.77. The highest BCUT2D eigenvalue weighted by Crippen LogP contribution is 2.33. The molecule has 0 amide bonds. The highest BCUT2D eigenvalue weighted by molar-refractivity contribution is 5.89. The summed E-state index contributed by atoms with van der Waals surface area (Å²) < 4.78 is 6.53. The molecule has 1 aromatic heterocycles. The minimum atomic E-state index is -0.471. The summed E-state index contributed by atoms with van der Waals surface area (Å²) in [7, 11) is 0. The molecule has 0 radical (unpaired) electrons. The molecule has 2 N–H and O–H groups in total. The Kier molecular flexibility index (Phi) is 1.16. The summed E-state index contributed by atoms with van der Waals surface area (Å²) in [5.74, 6) is -0.206. The van der Waals surface area contributed by atoms with E-state index in [1.165, 1.54) is 4.57 Å². The molecule has 0 bridgehead atoms. The number of aliphatic hydroxyl groups excluding tert-OH is 2. The lowest BCUT2D eigenvalue weighted by Gasteiger charge is -2.15. The summed E-state index contributed by atoms with van der Waals surface area (Å²) in [6.45, 7) is 0. The fraction of sp³-hybridized carbons (Fsp3) is 0. The van der Waals surface area contributed by atoms with Gasteiger partial charge in [-0.3, -0.25) is 4.57 Å². The summed E-state index contributed by atoms with van der Waals surface area (Å²) in [5, 5.41) is 19.7. The van der Waals surface area contributed by atoms with E-state index in [1.807, 2.05) is 18.2 Å². The normalized spacial score (nSPS) is 14.6. The molecular formula is C10H7NO3. The Bertz CT molecular complexity index is 553. The fourth-order valence-corrected chi connectivity index (χ4v) is 1.67. The van der Waals surface area contributed by atoms with Crippen LogP contribution in [0.25, 0.3) is 16.8 Å². The average molecular weight is 189 g/mol. The monoisotopic (exact) mass is 189 g/mol. The molecule has 0 fully saturated rings. The van der Waals surface area contributed by atoms with E-state index in [4.69, 9.17) is 4.74 Å².